The summed E-state index contributed by atoms with van der Waals surface area (Å²) in [5.74, 6) is 1.08. The maximum atomic E-state index is 6.05. The van der Waals surface area contributed by atoms with Gasteiger partial charge in [0.25, 0.3) is 0 Å². The Bertz CT molecular complexity index is 493. The third-order valence-corrected chi connectivity index (χ3v) is 4.33. The Morgan fingerprint density at radius 1 is 1.22 bits per heavy atom. The molecule has 1 aromatic carbocycles. The zero-order valence-electron chi connectivity index (χ0n) is 10.2. The lowest BCUT2D eigenvalue weighted by Crippen LogP contribution is -2.10. The van der Waals surface area contributed by atoms with E-state index in [1.807, 2.05) is 19.1 Å². The molecule has 0 aliphatic carbocycles. The van der Waals surface area contributed by atoms with Gasteiger partial charge in [-0.3, -0.25) is 0 Å². The highest BCUT2D eigenvalue weighted by molar-refractivity contribution is 7.09. The predicted octanol–water partition coefficient (Wildman–Crippen LogP) is 4.75. The molecule has 0 radical (unpaired) electrons. The molecule has 0 N–H and O–H groups in total. The maximum absolute atomic E-state index is 6.05. The lowest BCUT2D eigenvalue weighted by molar-refractivity contribution is 0.577. The molecule has 0 aliphatic rings. The lowest BCUT2D eigenvalue weighted by Gasteiger charge is -2.12. The van der Waals surface area contributed by atoms with Crippen LogP contribution in [0.25, 0.3) is 0 Å². The number of alkyl halides is 1. The van der Waals surface area contributed by atoms with Gasteiger partial charge in [-0.2, -0.15) is 0 Å². The van der Waals surface area contributed by atoms with Crippen LogP contribution in [0.15, 0.2) is 29.6 Å². The molecule has 0 spiro atoms. The minimum Gasteiger partial charge on any atom is -0.247 e. The van der Waals surface area contributed by atoms with Crippen LogP contribution in [-0.4, -0.2) is 10.9 Å². The van der Waals surface area contributed by atoms with Gasteiger partial charge in [0.2, 0.25) is 0 Å². The first kappa shape index (κ1) is 13.9. The van der Waals surface area contributed by atoms with E-state index < -0.39 is 0 Å². The van der Waals surface area contributed by atoms with Gasteiger partial charge < -0.3 is 0 Å². The SMILES string of the molecule is Cc1nc(CC(CCl)Cc2ccc(Cl)cc2)cs1. The van der Waals surface area contributed by atoms with Crippen LogP contribution in [-0.2, 0) is 12.8 Å². The smallest absolute Gasteiger partial charge is 0.0897 e. The minimum absolute atomic E-state index is 0.425. The van der Waals surface area contributed by atoms with Crippen molar-refractivity contribution in [1.29, 1.82) is 0 Å². The van der Waals surface area contributed by atoms with Crippen LogP contribution in [0.5, 0.6) is 0 Å². The largest absolute Gasteiger partial charge is 0.247 e. The summed E-state index contributed by atoms with van der Waals surface area (Å²) in [7, 11) is 0. The quantitative estimate of drug-likeness (QED) is 0.726. The van der Waals surface area contributed by atoms with E-state index in [4.69, 9.17) is 23.2 Å². The molecule has 0 saturated heterocycles. The Morgan fingerprint density at radius 2 is 1.94 bits per heavy atom. The molecule has 18 heavy (non-hydrogen) atoms. The number of hydrogen-bond donors (Lipinski definition) is 0. The van der Waals surface area contributed by atoms with Crippen LogP contribution in [0.3, 0.4) is 0 Å². The molecule has 1 heterocycles. The summed E-state index contributed by atoms with van der Waals surface area (Å²) in [6.45, 7) is 2.03. The molecule has 96 valence electrons. The fraction of sp³-hybridized carbons (Fsp3) is 0.357. The Labute approximate surface area is 122 Å². The molecular weight excluding hydrogens is 285 g/mol. The van der Waals surface area contributed by atoms with Gasteiger partial charge >= 0.3 is 0 Å². The lowest BCUT2D eigenvalue weighted by atomic mass is 9.97. The topological polar surface area (TPSA) is 12.9 Å². The Morgan fingerprint density at radius 3 is 2.50 bits per heavy atom. The molecule has 0 amide bonds. The summed E-state index contributed by atoms with van der Waals surface area (Å²) in [5, 5.41) is 4.01. The van der Waals surface area contributed by atoms with Crippen LogP contribution >= 0.6 is 34.5 Å². The average Bonchev–Trinajstić information content (AvgIpc) is 2.77. The second-order valence-corrected chi connectivity index (χ2v) is 6.22. The fourth-order valence-electron chi connectivity index (χ4n) is 1.93. The number of hydrogen-bond acceptors (Lipinski definition) is 2. The maximum Gasteiger partial charge on any atom is 0.0897 e. The monoisotopic (exact) mass is 299 g/mol. The minimum atomic E-state index is 0.425. The van der Waals surface area contributed by atoms with Gasteiger partial charge in [-0.15, -0.1) is 22.9 Å². The molecule has 0 fully saturated rings. The van der Waals surface area contributed by atoms with Gasteiger partial charge in [-0.1, -0.05) is 23.7 Å². The van der Waals surface area contributed by atoms with Crippen molar-refractivity contribution < 1.29 is 0 Å². The average molecular weight is 300 g/mol. The molecule has 0 saturated carbocycles. The normalized spacial score (nSPS) is 12.6. The van der Waals surface area contributed by atoms with E-state index >= 15 is 0 Å². The molecular formula is C14H15Cl2NS. The number of rotatable bonds is 5. The second-order valence-electron chi connectivity index (χ2n) is 4.41. The third-order valence-electron chi connectivity index (χ3n) is 2.82. The highest BCUT2D eigenvalue weighted by Gasteiger charge is 2.11. The molecule has 1 unspecified atom stereocenters. The third kappa shape index (κ3) is 3.98. The van der Waals surface area contributed by atoms with E-state index in [-0.39, 0.29) is 0 Å². The van der Waals surface area contributed by atoms with Crippen molar-refractivity contribution in [1.82, 2.24) is 4.98 Å². The van der Waals surface area contributed by atoms with Gasteiger partial charge in [-0.25, -0.2) is 4.98 Å². The number of aryl methyl sites for hydroxylation is 1. The number of benzene rings is 1. The van der Waals surface area contributed by atoms with E-state index in [1.165, 1.54) is 5.56 Å². The fourth-order valence-corrected chi connectivity index (χ4v) is 2.90. The second kappa shape index (κ2) is 6.55. The van der Waals surface area contributed by atoms with E-state index in [0.717, 1.165) is 28.6 Å². The zero-order chi connectivity index (χ0) is 13.0. The summed E-state index contributed by atoms with van der Waals surface area (Å²) in [4.78, 5) is 4.49. The van der Waals surface area contributed by atoms with E-state index in [0.29, 0.717) is 11.8 Å². The van der Waals surface area contributed by atoms with Crippen LogP contribution in [0.2, 0.25) is 5.02 Å². The van der Waals surface area contributed by atoms with Crippen LogP contribution in [0.1, 0.15) is 16.3 Å². The van der Waals surface area contributed by atoms with Crippen molar-refractivity contribution in [2.45, 2.75) is 19.8 Å². The van der Waals surface area contributed by atoms with E-state index in [1.54, 1.807) is 11.3 Å². The molecule has 1 nitrogen and oxygen atoms in total. The van der Waals surface area contributed by atoms with E-state index in [9.17, 15) is 0 Å². The molecule has 0 bridgehead atoms. The standard InChI is InChI=1S/C14H15Cl2NS/c1-10-17-14(9-18-10)7-12(8-15)6-11-2-4-13(16)5-3-11/h2-5,9,12H,6-8H2,1H3. The van der Waals surface area contributed by atoms with E-state index in [2.05, 4.69) is 22.5 Å². The van der Waals surface area contributed by atoms with Crippen LogP contribution in [0.4, 0.5) is 0 Å². The Kier molecular flexibility index (Phi) is 5.04. The summed E-state index contributed by atoms with van der Waals surface area (Å²) in [6, 6.07) is 7.98. The highest BCUT2D eigenvalue weighted by Crippen LogP contribution is 2.19. The summed E-state index contributed by atoms with van der Waals surface area (Å²) < 4.78 is 0. The number of nitrogens with zero attached hydrogens (tertiary/aromatic N) is 1. The van der Waals surface area contributed by atoms with Crippen molar-refractivity contribution in [2.75, 3.05) is 5.88 Å². The van der Waals surface area contributed by atoms with Crippen LogP contribution < -0.4 is 0 Å². The van der Waals surface area contributed by atoms with Gasteiger partial charge in [-0.05, 0) is 43.4 Å². The molecule has 1 aromatic heterocycles. The molecule has 2 aromatic rings. The van der Waals surface area contributed by atoms with Crippen LogP contribution in [0, 0.1) is 12.8 Å². The summed E-state index contributed by atoms with van der Waals surface area (Å²) >= 11 is 13.6. The van der Waals surface area contributed by atoms with Gasteiger partial charge in [0, 0.05) is 16.3 Å². The Balaban J connectivity index is 1.99. The molecule has 0 aliphatic heterocycles. The molecule has 2 rings (SSSR count). The summed E-state index contributed by atoms with van der Waals surface area (Å²) in [5.41, 5.74) is 2.43. The van der Waals surface area contributed by atoms with Gasteiger partial charge in [0.15, 0.2) is 0 Å². The zero-order valence-corrected chi connectivity index (χ0v) is 12.5. The van der Waals surface area contributed by atoms with Gasteiger partial charge in [0.05, 0.1) is 10.7 Å². The summed E-state index contributed by atoms with van der Waals surface area (Å²) in [6.07, 6.45) is 1.91. The first-order valence-electron chi connectivity index (χ1n) is 5.89. The Hall–Kier alpha value is -0.570. The first-order valence-corrected chi connectivity index (χ1v) is 7.68. The van der Waals surface area contributed by atoms with Crippen molar-refractivity contribution in [2.24, 2.45) is 5.92 Å². The van der Waals surface area contributed by atoms with Gasteiger partial charge in [0.1, 0.15) is 0 Å². The first-order chi connectivity index (χ1) is 8.67. The molecule has 4 heteroatoms. The number of halogens is 2. The highest BCUT2D eigenvalue weighted by atomic mass is 35.5. The predicted molar refractivity (Wildman–Crippen MR) is 79.9 cm³/mol. The number of aromatic nitrogens is 1. The van der Waals surface area contributed by atoms with Crippen molar-refractivity contribution in [3.05, 3.63) is 50.9 Å². The van der Waals surface area contributed by atoms with Crippen molar-refractivity contribution in [3.63, 3.8) is 0 Å². The molecule has 1 atom stereocenters. The van der Waals surface area contributed by atoms with Crippen molar-refractivity contribution in [3.8, 4) is 0 Å². The number of thiazole rings is 1. The van der Waals surface area contributed by atoms with Crippen molar-refractivity contribution >= 4 is 34.5 Å².